The second-order valence-electron chi connectivity index (χ2n) is 6.05. The number of hydrogen-bond donors (Lipinski definition) is 0. The molecular weight excluding hydrogens is 290 g/mol. The summed E-state index contributed by atoms with van der Waals surface area (Å²) in [6, 6.07) is 16.4. The van der Waals surface area contributed by atoms with E-state index in [-0.39, 0.29) is 11.8 Å². The fourth-order valence-electron chi connectivity index (χ4n) is 2.77. The Morgan fingerprint density at radius 2 is 1.65 bits per heavy atom. The minimum absolute atomic E-state index is 0.205. The van der Waals surface area contributed by atoms with Crippen molar-refractivity contribution in [3.05, 3.63) is 60.2 Å². The quantitative estimate of drug-likeness (QED) is 0.807. The van der Waals surface area contributed by atoms with Gasteiger partial charge in [-0.05, 0) is 36.6 Å². The number of anilines is 2. The summed E-state index contributed by atoms with van der Waals surface area (Å²) in [4.78, 5) is 27.0. The number of para-hydroxylation sites is 2. The maximum absolute atomic E-state index is 13.0. The monoisotopic (exact) mass is 309 g/mol. The predicted octanol–water partition coefficient (Wildman–Crippen LogP) is 3.94. The van der Waals surface area contributed by atoms with Crippen LogP contribution in [-0.4, -0.2) is 18.0 Å². The van der Waals surface area contributed by atoms with Gasteiger partial charge in [-0.15, -0.1) is 0 Å². The molecule has 3 rings (SSSR count). The maximum Gasteiger partial charge on any atom is 0.341 e. The van der Waals surface area contributed by atoms with Crippen molar-refractivity contribution in [1.82, 2.24) is 0 Å². The Bertz CT molecular complexity index is 724. The van der Waals surface area contributed by atoms with Gasteiger partial charge in [-0.3, -0.25) is 9.69 Å². The van der Waals surface area contributed by atoms with Crippen LogP contribution < -0.4 is 4.90 Å². The van der Waals surface area contributed by atoms with Crippen molar-refractivity contribution in [2.45, 2.75) is 26.4 Å². The second-order valence-corrected chi connectivity index (χ2v) is 6.05. The van der Waals surface area contributed by atoms with Gasteiger partial charge < -0.3 is 4.74 Å². The number of nitrogens with zero attached hydrogens (tertiary/aromatic N) is 1. The van der Waals surface area contributed by atoms with E-state index in [4.69, 9.17) is 4.74 Å². The molecule has 0 unspecified atom stereocenters. The predicted molar refractivity (Wildman–Crippen MR) is 88.7 cm³/mol. The molecular formula is C19H19NO3. The third-order valence-electron chi connectivity index (χ3n) is 3.81. The number of benzene rings is 2. The van der Waals surface area contributed by atoms with E-state index >= 15 is 0 Å². The SMILES string of the molecule is CC(C)C[C@H]1OC(=O)c2ccccc2N(c2ccccc2)C1=O. The molecule has 0 spiro atoms. The molecule has 0 saturated carbocycles. The Labute approximate surface area is 135 Å². The summed E-state index contributed by atoms with van der Waals surface area (Å²) < 4.78 is 5.48. The highest BCUT2D eigenvalue weighted by Crippen LogP contribution is 2.34. The van der Waals surface area contributed by atoms with E-state index in [0.29, 0.717) is 17.7 Å². The summed E-state index contributed by atoms with van der Waals surface area (Å²) in [5, 5.41) is 0. The lowest BCUT2D eigenvalue weighted by Gasteiger charge is -2.25. The summed E-state index contributed by atoms with van der Waals surface area (Å²) in [7, 11) is 0. The van der Waals surface area contributed by atoms with Crippen molar-refractivity contribution in [2.75, 3.05) is 4.90 Å². The fourth-order valence-corrected chi connectivity index (χ4v) is 2.77. The number of carbonyl (C=O) groups is 2. The summed E-state index contributed by atoms with van der Waals surface area (Å²) >= 11 is 0. The minimum Gasteiger partial charge on any atom is -0.449 e. The molecule has 0 radical (unpaired) electrons. The van der Waals surface area contributed by atoms with Crippen molar-refractivity contribution in [3.63, 3.8) is 0 Å². The third-order valence-corrected chi connectivity index (χ3v) is 3.81. The van der Waals surface area contributed by atoms with Crippen LogP contribution in [0.2, 0.25) is 0 Å². The zero-order valence-corrected chi connectivity index (χ0v) is 13.2. The van der Waals surface area contributed by atoms with Crippen LogP contribution >= 0.6 is 0 Å². The van der Waals surface area contributed by atoms with Gasteiger partial charge in [0.25, 0.3) is 5.91 Å². The van der Waals surface area contributed by atoms with Crippen LogP contribution in [-0.2, 0) is 9.53 Å². The van der Waals surface area contributed by atoms with Crippen molar-refractivity contribution in [2.24, 2.45) is 5.92 Å². The van der Waals surface area contributed by atoms with E-state index in [9.17, 15) is 9.59 Å². The normalized spacial score (nSPS) is 17.7. The minimum atomic E-state index is -0.768. The summed E-state index contributed by atoms with van der Waals surface area (Å²) in [6.07, 6.45) is -0.267. The average molecular weight is 309 g/mol. The molecule has 0 aromatic heterocycles. The van der Waals surface area contributed by atoms with E-state index in [0.717, 1.165) is 5.69 Å². The first-order valence-corrected chi connectivity index (χ1v) is 7.77. The number of carbonyl (C=O) groups excluding carboxylic acids is 2. The zero-order valence-electron chi connectivity index (χ0n) is 13.2. The highest BCUT2D eigenvalue weighted by molar-refractivity contribution is 6.11. The number of hydrogen-bond acceptors (Lipinski definition) is 3. The number of ether oxygens (including phenoxy) is 1. The summed E-state index contributed by atoms with van der Waals surface area (Å²) in [5.41, 5.74) is 1.72. The van der Waals surface area contributed by atoms with E-state index in [2.05, 4.69) is 0 Å². The summed E-state index contributed by atoms with van der Waals surface area (Å²) in [6.45, 7) is 4.01. The number of esters is 1. The van der Waals surface area contributed by atoms with Gasteiger partial charge in [-0.2, -0.15) is 0 Å². The molecule has 0 aliphatic carbocycles. The molecule has 23 heavy (non-hydrogen) atoms. The summed E-state index contributed by atoms with van der Waals surface area (Å²) in [5.74, 6) is -0.406. The van der Waals surface area contributed by atoms with Gasteiger partial charge in [0, 0.05) is 5.69 Å². The van der Waals surface area contributed by atoms with Crippen LogP contribution in [0.3, 0.4) is 0 Å². The Balaban J connectivity index is 2.13. The van der Waals surface area contributed by atoms with E-state index in [1.165, 1.54) is 0 Å². The van der Waals surface area contributed by atoms with Gasteiger partial charge in [0.2, 0.25) is 0 Å². The standard InChI is InChI=1S/C19H19NO3/c1-13(2)12-17-18(21)20(14-8-4-3-5-9-14)16-11-7-6-10-15(16)19(22)23-17/h3-11,13,17H,12H2,1-2H3/t17-/m1/s1. The van der Waals surface area contributed by atoms with Gasteiger partial charge in [0.05, 0.1) is 11.3 Å². The first-order valence-electron chi connectivity index (χ1n) is 7.77. The van der Waals surface area contributed by atoms with Crippen LogP contribution in [0.4, 0.5) is 11.4 Å². The van der Waals surface area contributed by atoms with E-state index < -0.39 is 12.1 Å². The number of rotatable bonds is 3. The molecule has 4 nitrogen and oxygen atoms in total. The first-order chi connectivity index (χ1) is 11.1. The Hall–Kier alpha value is -2.62. The third kappa shape index (κ3) is 2.97. The molecule has 0 bridgehead atoms. The molecule has 1 heterocycles. The van der Waals surface area contributed by atoms with E-state index in [1.807, 2.05) is 50.2 Å². The van der Waals surface area contributed by atoms with Crippen LogP contribution in [0.15, 0.2) is 54.6 Å². The van der Waals surface area contributed by atoms with E-state index in [1.54, 1.807) is 23.1 Å². The van der Waals surface area contributed by atoms with Crippen LogP contribution in [0.1, 0.15) is 30.6 Å². The van der Waals surface area contributed by atoms with Gasteiger partial charge in [0.15, 0.2) is 6.10 Å². The molecule has 0 fully saturated rings. The Morgan fingerprint density at radius 3 is 2.35 bits per heavy atom. The first kappa shape index (κ1) is 15.3. The Kier molecular flexibility index (Phi) is 4.15. The molecule has 1 amide bonds. The van der Waals surface area contributed by atoms with Crippen LogP contribution in [0.25, 0.3) is 0 Å². The zero-order chi connectivity index (χ0) is 16.4. The lowest BCUT2D eigenvalue weighted by molar-refractivity contribution is -0.126. The van der Waals surface area contributed by atoms with Gasteiger partial charge in [-0.1, -0.05) is 44.2 Å². The van der Waals surface area contributed by atoms with Crippen LogP contribution in [0, 0.1) is 5.92 Å². The molecule has 1 atom stereocenters. The maximum atomic E-state index is 13.0. The largest absolute Gasteiger partial charge is 0.449 e. The number of cyclic esters (lactones) is 1. The Morgan fingerprint density at radius 1 is 1.00 bits per heavy atom. The smallest absolute Gasteiger partial charge is 0.341 e. The number of amides is 1. The lowest BCUT2D eigenvalue weighted by atomic mass is 10.0. The van der Waals surface area contributed by atoms with Gasteiger partial charge >= 0.3 is 5.97 Å². The highest BCUT2D eigenvalue weighted by Gasteiger charge is 2.36. The molecule has 118 valence electrons. The second kappa shape index (κ2) is 6.24. The number of fused-ring (bicyclic) bond motifs is 1. The lowest BCUT2D eigenvalue weighted by Crippen LogP contribution is -2.37. The van der Waals surface area contributed by atoms with Crippen molar-refractivity contribution in [1.29, 1.82) is 0 Å². The van der Waals surface area contributed by atoms with Crippen molar-refractivity contribution >= 4 is 23.3 Å². The highest BCUT2D eigenvalue weighted by atomic mass is 16.5. The fraction of sp³-hybridized carbons (Fsp3) is 0.263. The van der Waals surface area contributed by atoms with Gasteiger partial charge in [0.1, 0.15) is 0 Å². The molecule has 1 aliphatic heterocycles. The molecule has 1 aliphatic rings. The topological polar surface area (TPSA) is 46.6 Å². The van der Waals surface area contributed by atoms with Crippen LogP contribution in [0.5, 0.6) is 0 Å². The van der Waals surface area contributed by atoms with Gasteiger partial charge in [-0.25, -0.2) is 4.79 Å². The molecule has 0 saturated heterocycles. The molecule has 0 N–H and O–H groups in total. The average Bonchev–Trinajstić information content (AvgIpc) is 2.64. The molecule has 2 aromatic rings. The molecule has 2 aromatic carbocycles. The van der Waals surface area contributed by atoms with Crippen molar-refractivity contribution < 1.29 is 14.3 Å². The molecule has 4 heteroatoms. The van der Waals surface area contributed by atoms with Crippen molar-refractivity contribution in [3.8, 4) is 0 Å².